The monoisotopic (exact) mass is 276 g/mol. The third-order valence-corrected chi connectivity index (χ3v) is 2.55. The number of nitrogens with zero attached hydrogens (tertiary/aromatic N) is 3. The molecule has 9 nitrogen and oxygen atoms in total. The summed E-state index contributed by atoms with van der Waals surface area (Å²) < 4.78 is 26.7. The van der Waals surface area contributed by atoms with Crippen LogP contribution in [-0.2, 0) is 10.0 Å². The van der Waals surface area contributed by atoms with Crippen LogP contribution < -0.4 is 20.5 Å². The topological polar surface area (TPSA) is 132 Å². The van der Waals surface area contributed by atoms with Gasteiger partial charge in [0.1, 0.15) is 0 Å². The summed E-state index contributed by atoms with van der Waals surface area (Å²) in [5.41, 5.74) is 0. The zero-order valence-electron chi connectivity index (χ0n) is 10.2. The van der Waals surface area contributed by atoms with Crippen LogP contribution in [-0.4, -0.2) is 49.3 Å². The van der Waals surface area contributed by atoms with Crippen LogP contribution in [0.2, 0.25) is 0 Å². The van der Waals surface area contributed by atoms with Crippen molar-refractivity contribution in [3.63, 3.8) is 0 Å². The molecule has 0 aliphatic carbocycles. The van der Waals surface area contributed by atoms with E-state index in [1.54, 1.807) is 14.0 Å². The summed E-state index contributed by atoms with van der Waals surface area (Å²) in [6.45, 7) is 2.33. The Bertz CT molecular complexity index is 492. The minimum atomic E-state index is -3.51. The van der Waals surface area contributed by atoms with Gasteiger partial charge in [0.2, 0.25) is 21.9 Å². The average Bonchev–Trinajstić information content (AvgIpc) is 2.27. The van der Waals surface area contributed by atoms with Gasteiger partial charge in [0.25, 0.3) is 0 Å². The molecule has 18 heavy (non-hydrogen) atoms. The normalized spacial score (nSPS) is 11.1. The van der Waals surface area contributed by atoms with Crippen molar-refractivity contribution in [3.05, 3.63) is 0 Å². The van der Waals surface area contributed by atoms with E-state index >= 15 is 0 Å². The van der Waals surface area contributed by atoms with Crippen molar-refractivity contribution in [1.82, 2.24) is 15.0 Å². The smallest absolute Gasteiger partial charge is 0.323 e. The molecule has 10 heteroatoms. The fraction of sp³-hybridized carbons (Fsp3) is 0.625. The fourth-order valence-corrected chi connectivity index (χ4v) is 1.43. The quantitative estimate of drug-likeness (QED) is 0.578. The number of nitrogens with two attached hydrogens (primary N) is 1. The number of hydrogen-bond donors (Lipinski definition) is 3. The fourth-order valence-electron chi connectivity index (χ4n) is 1.05. The zero-order chi connectivity index (χ0) is 13.6. The molecule has 102 valence electrons. The first-order valence-electron chi connectivity index (χ1n) is 5.25. The summed E-state index contributed by atoms with van der Waals surface area (Å²) in [6, 6.07) is 0.162. The lowest BCUT2D eigenvalue weighted by Gasteiger charge is -2.07. The SMILES string of the molecule is CCOc1nc(NC)nc(NCCS(N)(=O)=O)n1. The van der Waals surface area contributed by atoms with Crippen LogP contribution >= 0.6 is 0 Å². The van der Waals surface area contributed by atoms with E-state index in [0.29, 0.717) is 12.6 Å². The highest BCUT2D eigenvalue weighted by Crippen LogP contribution is 2.10. The van der Waals surface area contributed by atoms with Gasteiger partial charge in [0.05, 0.1) is 12.4 Å². The Morgan fingerprint density at radius 1 is 1.28 bits per heavy atom. The first-order chi connectivity index (χ1) is 8.44. The van der Waals surface area contributed by atoms with Gasteiger partial charge in [0, 0.05) is 13.6 Å². The Kier molecular flexibility index (Phi) is 5.04. The second-order valence-corrected chi connectivity index (χ2v) is 4.98. The molecule has 0 fully saturated rings. The molecule has 1 rings (SSSR count). The zero-order valence-corrected chi connectivity index (χ0v) is 11.0. The second-order valence-electron chi connectivity index (χ2n) is 3.24. The van der Waals surface area contributed by atoms with Crippen molar-refractivity contribution in [2.75, 3.05) is 36.6 Å². The minimum Gasteiger partial charge on any atom is -0.464 e. The van der Waals surface area contributed by atoms with Gasteiger partial charge in [-0.3, -0.25) is 0 Å². The van der Waals surface area contributed by atoms with Crippen LogP contribution in [0.3, 0.4) is 0 Å². The molecule has 0 aliphatic heterocycles. The highest BCUT2D eigenvalue weighted by Gasteiger charge is 2.07. The maximum absolute atomic E-state index is 10.8. The predicted molar refractivity (Wildman–Crippen MR) is 67.0 cm³/mol. The van der Waals surface area contributed by atoms with Crippen molar-refractivity contribution in [1.29, 1.82) is 0 Å². The maximum Gasteiger partial charge on any atom is 0.323 e. The van der Waals surface area contributed by atoms with Gasteiger partial charge in [-0.05, 0) is 6.92 Å². The number of hydrogen-bond acceptors (Lipinski definition) is 8. The number of sulfonamides is 1. The Balaban J connectivity index is 2.72. The lowest BCUT2D eigenvalue weighted by Crippen LogP contribution is -2.23. The number of rotatable bonds is 7. The highest BCUT2D eigenvalue weighted by atomic mass is 32.2. The first-order valence-corrected chi connectivity index (χ1v) is 6.97. The van der Waals surface area contributed by atoms with Crippen LogP contribution in [0.1, 0.15) is 6.92 Å². The van der Waals surface area contributed by atoms with E-state index in [-0.39, 0.29) is 24.3 Å². The van der Waals surface area contributed by atoms with Crippen molar-refractivity contribution < 1.29 is 13.2 Å². The van der Waals surface area contributed by atoms with Crippen LogP contribution in [0.4, 0.5) is 11.9 Å². The maximum atomic E-state index is 10.8. The van der Waals surface area contributed by atoms with E-state index in [4.69, 9.17) is 9.88 Å². The second kappa shape index (κ2) is 6.31. The molecule has 0 bridgehead atoms. The Labute approximate surface area is 105 Å². The number of nitrogens with one attached hydrogen (secondary N) is 2. The van der Waals surface area contributed by atoms with E-state index in [0.717, 1.165) is 0 Å². The first kappa shape index (κ1) is 14.4. The molecule has 1 aromatic heterocycles. The Morgan fingerprint density at radius 2 is 1.94 bits per heavy atom. The average molecular weight is 276 g/mol. The van der Waals surface area contributed by atoms with Crippen LogP contribution in [0.15, 0.2) is 0 Å². The summed E-state index contributed by atoms with van der Waals surface area (Å²) in [6.07, 6.45) is 0. The largest absolute Gasteiger partial charge is 0.464 e. The molecule has 0 aromatic carbocycles. The van der Waals surface area contributed by atoms with Gasteiger partial charge in [-0.2, -0.15) is 15.0 Å². The summed E-state index contributed by atoms with van der Waals surface area (Å²) in [7, 11) is -1.86. The van der Waals surface area contributed by atoms with Gasteiger partial charge < -0.3 is 15.4 Å². The Hall–Kier alpha value is -1.68. The molecule has 0 unspecified atom stereocenters. The van der Waals surface area contributed by atoms with Crippen molar-refractivity contribution in [3.8, 4) is 6.01 Å². The third-order valence-electron chi connectivity index (χ3n) is 1.78. The van der Waals surface area contributed by atoms with E-state index < -0.39 is 10.0 Å². The molecule has 0 saturated heterocycles. The van der Waals surface area contributed by atoms with Crippen molar-refractivity contribution in [2.24, 2.45) is 5.14 Å². The number of anilines is 2. The van der Waals surface area contributed by atoms with Crippen LogP contribution in [0.5, 0.6) is 6.01 Å². The molecule has 0 spiro atoms. The van der Waals surface area contributed by atoms with Crippen LogP contribution in [0.25, 0.3) is 0 Å². The lowest BCUT2D eigenvalue weighted by molar-refractivity contribution is 0.312. The standard InChI is InChI=1S/C8H16N6O3S/c1-3-17-8-13-6(10-2)12-7(14-8)11-4-5-18(9,15)16/h3-5H2,1-2H3,(H2,9,15,16)(H2,10,11,12,13,14). The number of primary sulfonamides is 1. The summed E-state index contributed by atoms with van der Waals surface area (Å²) in [5, 5.41) is 10.4. The van der Waals surface area contributed by atoms with E-state index in [9.17, 15) is 8.42 Å². The summed E-state index contributed by atoms with van der Waals surface area (Å²) in [5.74, 6) is 0.338. The molecule has 0 aliphatic rings. The van der Waals surface area contributed by atoms with E-state index in [1.165, 1.54) is 0 Å². The van der Waals surface area contributed by atoms with Gasteiger partial charge in [0.15, 0.2) is 0 Å². The molecule has 0 radical (unpaired) electrons. The lowest BCUT2D eigenvalue weighted by atomic mass is 10.7. The molecular weight excluding hydrogens is 260 g/mol. The molecule has 0 saturated carbocycles. The van der Waals surface area contributed by atoms with Crippen LogP contribution in [0, 0.1) is 0 Å². The van der Waals surface area contributed by atoms with Gasteiger partial charge >= 0.3 is 6.01 Å². The molecule has 0 atom stereocenters. The number of aromatic nitrogens is 3. The van der Waals surface area contributed by atoms with Gasteiger partial charge in [-0.15, -0.1) is 0 Å². The van der Waals surface area contributed by atoms with E-state index in [1.807, 2.05) is 0 Å². The van der Waals surface area contributed by atoms with Crippen molar-refractivity contribution in [2.45, 2.75) is 6.92 Å². The van der Waals surface area contributed by atoms with E-state index in [2.05, 4.69) is 25.6 Å². The highest BCUT2D eigenvalue weighted by molar-refractivity contribution is 7.89. The number of ether oxygens (including phenoxy) is 1. The minimum absolute atomic E-state index is 0.109. The summed E-state index contributed by atoms with van der Waals surface area (Å²) in [4.78, 5) is 11.9. The Morgan fingerprint density at radius 3 is 2.50 bits per heavy atom. The van der Waals surface area contributed by atoms with Gasteiger partial charge in [-0.25, -0.2) is 13.6 Å². The summed E-state index contributed by atoms with van der Waals surface area (Å²) >= 11 is 0. The molecule has 0 amide bonds. The molecular formula is C8H16N6O3S. The predicted octanol–water partition coefficient (Wildman–Crippen LogP) is -0.988. The molecule has 1 heterocycles. The van der Waals surface area contributed by atoms with Crippen molar-refractivity contribution >= 4 is 21.9 Å². The molecule has 4 N–H and O–H groups in total. The molecule has 1 aromatic rings. The third kappa shape index (κ3) is 5.10. The van der Waals surface area contributed by atoms with Gasteiger partial charge in [-0.1, -0.05) is 0 Å².